The summed E-state index contributed by atoms with van der Waals surface area (Å²) in [6.45, 7) is 4.31. The van der Waals surface area contributed by atoms with Gasteiger partial charge in [-0.3, -0.25) is 0 Å². The molecule has 3 rings (SSSR count). The molecule has 2 heterocycles. The summed E-state index contributed by atoms with van der Waals surface area (Å²) in [4.78, 5) is 0. The Hall–Kier alpha value is -2.47. The summed E-state index contributed by atoms with van der Waals surface area (Å²) in [5.74, 6) is 0.301. The van der Waals surface area contributed by atoms with E-state index in [-0.39, 0.29) is 12.6 Å². The van der Waals surface area contributed by atoms with Gasteiger partial charge in [0, 0.05) is 6.61 Å². The lowest BCUT2D eigenvalue weighted by Crippen LogP contribution is -2.14. The zero-order valence-corrected chi connectivity index (χ0v) is 13.3. The normalized spacial score (nSPS) is 12.7. The van der Waals surface area contributed by atoms with Crippen LogP contribution in [0.2, 0.25) is 0 Å². The average molecular weight is 311 g/mol. The predicted molar refractivity (Wildman–Crippen MR) is 89.4 cm³/mol. The summed E-state index contributed by atoms with van der Waals surface area (Å²) < 4.78 is 1.69. The lowest BCUT2D eigenvalue weighted by Gasteiger charge is -2.20. The lowest BCUT2D eigenvalue weighted by molar-refractivity contribution is 0.280. The number of nitrogens with one attached hydrogen (secondary N) is 1. The molecule has 0 aliphatic heterocycles. The Morgan fingerprint density at radius 3 is 2.70 bits per heavy atom. The van der Waals surface area contributed by atoms with E-state index >= 15 is 0 Å². The summed E-state index contributed by atoms with van der Waals surface area (Å²) >= 11 is 0. The van der Waals surface area contributed by atoms with Crippen LogP contribution in [0.5, 0.6) is 0 Å². The van der Waals surface area contributed by atoms with Gasteiger partial charge >= 0.3 is 0 Å². The summed E-state index contributed by atoms with van der Waals surface area (Å²) in [5, 5.41) is 25.5. The molecule has 1 unspecified atom stereocenters. The van der Waals surface area contributed by atoms with Crippen LogP contribution < -0.4 is 5.32 Å². The van der Waals surface area contributed by atoms with Crippen molar-refractivity contribution in [1.82, 2.24) is 19.8 Å². The minimum atomic E-state index is 0.00381. The molecule has 6 nitrogen and oxygen atoms in total. The van der Waals surface area contributed by atoms with Crippen LogP contribution >= 0.6 is 0 Å². The fourth-order valence-corrected chi connectivity index (χ4v) is 2.56. The average Bonchev–Trinajstić information content (AvgIpc) is 3.04. The van der Waals surface area contributed by atoms with Gasteiger partial charge in [-0.25, -0.2) is 0 Å². The van der Waals surface area contributed by atoms with Crippen molar-refractivity contribution in [3.05, 3.63) is 54.0 Å². The van der Waals surface area contributed by atoms with E-state index < -0.39 is 0 Å². The van der Waals surface area contributed by atoms with Gasteiger partial charge in [0.05, 0.1) is 17.4 Å². The Morgan fingerprint density at radius 1 is 1.22 bits per heavy atom. The number of aromatic nitrogens is 4. The summed E-state index contributed by atoms with van der Waals surface area (Å²) in [6, 6.07) is 12.1. The molecule has 1 atom stereocenters. The monoisotopic (exact) mass is 311 g/mol. The quantitative estimate of drug-likeness (QED) is 0.732. The molecule has 0 bridgehead atoms. The van der Waals surface area contributed by atoms with Gasteiger partial charge in [0.25, 0.3) is 0 Å². The van der Waals surface area contributed by atoms with Crippen LogP contribution in [0.25, 0.3) is 5.65 Å². The Balaban J connectivity index is 1.99. The molecule has 0 spiro atoms. The number of aliphatic hydroxyl groups is 1. The molecule has 0 aliphatic rings. The fourth-order valence-electron chi connectivity index (χ4n) is 2.56. The molecular formula is C17H21N5O. The maximum atomic E-state index is 9.41. The Labute approximate surface area is 135 Å². The third-order valence-corrected chi connectivity index (χ3v) is 3.83. The molecule has 3 aromatic rings. The van der Waals surface area contributed by atoms with Crippen molar-refractivity contribution < 1.29 is 5.11 Å². The number of fused-ring (bicyclic) bond motifs is 1. The van der Waals surface area contributed by atoms with Crippen LogP contribution in [-0.4, -0.2) is 31.5 Å². The molecule has 23 heavy (non-hydrogen) atoms. The number of anilines is 1. The standard InChI is InChI=1S/C17H21N5O/c1-12(2)15-10-16(17-20-18-11-22(17)21-15)19-14(8-9-23)13-6-4-3-5-7-13/h3-7,10-12,14,19,23H,8-9H2,1-2H3. The van der Waals surface area contributed by atoms with Crippen molar-refractivity contribution in [3.63, 3.8) is 0 Å². The van der Waals surface area contributed by atoms with E-state index in [1.807, 2.05) is 24.3 Å². The molecule has 2 aromatic heterocycles. The van der Waals surface area contributed by atoms with Gasteiger partial charge in [-0.1, -0.05) is 44.2 Å². The molecule has 6 heteroatoms. The van der Waals surface area contributed by atoms with Crippen LogP contribution in [0.15, 0.2) is 42.7 Å². The first-order chi connectivity index (χ1) is 11.2. The first-order valence-corrected chi connectivity index (χ1v) is 7.82. The summed E-state index contributed by atoms with van der Waals surface area (Å²) in [7, 11) is 0. The largest absolute Gasteiger partial charge is 0.396 e. The highest BCUT2D eigenvalue weighted by atomic mass is 16.3. The Kier molecular flexibility index (Phi) is 4.52. The van der Waals surface area contributed by atoms with E-state index in [0.717, 1.165) is 16.9 Å². The van der Waals surface area contributed by atoms with E-state index in [2.05, 4.69) is 46.6 Å². The van der Waals surface area contributed by atoms with Crippen molar-refractivity contribution in [3.8, 4) is 0 Å². The maximum absolute atomic E-state index is 9.41. The third kappa shape index (κ3) is 3.32. The zero-order chi connectivity index (χ0) is 16.2. The van der Waals surface area contributed by atoms with Crippen molar-refractivity contribution in [2.75, 3.05) is 11.9 Å². The van der Waals surface area contributed by atoms with Gasteiger partial charge in [-0.2, -0.15) is 9.61 Å². The minimum Gasteiger partial charge on any atom is -0.396 e. The highest BCUT2D eigenvalue weighted by Gasteiger charge is 2.16. The first-order valence-electron chi connectivity index (χ1n) is 7.82. The van der Waals surface area contributed by atoms with E-state index in [1.165, 1.54) is 0 Å². The molecule has 2 N–H and O–H groups in total. The van der Waals surface area contributed by atoms with E-state index in [1.54, 1.807) is 10.8 Å². The van der Waals surface area contributed by atoms with Crippen LogP contribution in [0.1, 0.15) is 43.5 Å². The SMILES string of the molecule is CC(C)c1cc(NC(CCO)c2ccccc2)c2nncn2n1. The molecule has 120 valence electrons. The van der Waals surface area contributed by atoms with E-state index in [9.17, 15) is 5.11 Å². The number of hydrogen-bond donors (Lipinski definition) is 2. The Morgan fingerprint density at radius 2 is 2.00 bits per heavy atom. The van der Waals surface area contributed by atoms with Crippen LogP contribution in [0.3, 0.4) is 0 Å². The summed E-state index contributed by atoms with van der Waals surface area (Å²) in [5.41, 5.74) is 3.66. The summed E-state index contributed by atoms with van der Waals surface area (Å²) in [6.07, 6.45) is 2.22. The molecule has 0 fully saturated rings. The molecule has 0 saturated heterocycles. The number of benzene rings is 1. The molecule has 0 radical (unpaired) electrons. The van der Waals surface area contributed by atoms with Crippen LogP contribution in [0.4, 0.5) is 5.69 Å². The molecular weight excluding hydrogens is 290 g/mol. The van der Waals surface area contributed by atoms with Gasteiger partial charge in [0.15, 0.2) is 0 Å². The number of aliphatic hydroxyl groups excluding tert-OH is 1. The highest BCUT2D eigenvalue weighted by Crippen LogP contribution is 2.26. The minimum absolute atomic E-state index is 0.00381. The molecule has 0 aliphatic carbocycles. The van der Waals surface area contributed by atoms with Gasteiger partial charge < -0.3 is 10.4 Å². The smallest absolute Gasteiger partial charge is 0.200 e. The fraction of sp³-hybridized carbons (Fsp3) is 0.353. The Bertz CT molecular complexity index is 769. The number of hydrogen-bond acceptors (Lipinski definition) is 5. The first kappa shape index (κ1) is 15.4. The van der Waals surface area contributed by atoms with Crippen LogP contribution in [0, 0.1) is 0 Å². The van der Waals surface area contributed by atoms with E-state index in [0.29, 0.717) is 18.0 Å². The third-order valence-electron chi connectivity index (χ3n) is 3.83. The van der Waals surface area contributed by atoms with Crippen molar-refractivity contribution >= 4 is 11.3 Å². The van der Waals surface area contributed by atoms with Gasteiger partial charge in [-0.15, -0.1) is 10.2 Å². The number of rotatable bonds is 6. The number of nitrogens with zero attached hydrogens (tertiary/aromatic N) is 4. The predicted octanol–water partition coefficient (Wildman–Crippen LogP) is 2.78. The van der Waals surface area contributed by atoms with Gasteiger partial charge in [-0.05, 0) is 24.0 Å². The van der Waals surface area contributed by atoms with Crippen molar-refractivity contribution in [1.29, 1.82) is 0 Å². The topological polar surface area (TPSA) is 75.3 Å². The van der Waals surface area contributed by atoms with E-state index in [4.69, 9.17) is 0 Å². The molecule has 0 amide bonds. The second kappa shape index (κ2) is 6.75. The van der Waals surface area contributed by atoms with Gasteiger partial charge in [0.2, 0.25) is 5.65 Å². The van der Waals surface area contributed by atoms with Crippen LogP contribution in [-0.2, 0) is 0 Å². The molecule has 1 aromatic carbocycles. The lowest BCUT2D eigenvalue weighted by atomic mass is 10.0. The second-order valence-electron chi connectivity index (χ2n) is 5.86. The highest BCUT2D eigenvalue weighted by molar-refractivity contribution is 5.67. The van der Waals surface area contributed by atoms with Crippen molar-refractivity contribution in [2.24, 2.45) is 0 Å². The van der Waals surface area contributed by atoms with Gasteiger partial charge in [0.1, 0.15) is 6.33 Å². The zero-order valence-electron chi connectivity index (χ0n) is 13.3. The molecule has 0 saturated carbocycles. The second-order valence-corrected chi connectivity index (χ2v) is 5.86. The maximum Gasteiger partial charge on any atom is 0.200 e. The van der Waals surface area contributed by atoms with Crippen molar-refractivity contribution in [2.45, 2.75) is 32.2 Å².